The van der Waals surface area contributed by atoms with E-state index in [9.17, 15) is 4.79 Å². The van der Waals surface area contributed by atoms with Gasteiger partial charge in [-0.2, -0.15) is 0 Å². The molecule has 1 aromatic heterocycles. The molecule has 1 atom stereocenters. The Labute approximate surface area is 95.2 Å². The minimum absolute atomic E-state index is 0.0308. The van der Waals surface area contributed by atoms with Crippen LogP contribution in [0.2, 0.25) is 0 Å². The van der Waals surface area contributed by atoms with Gasteiger partial charge in [0.05, 0.1) is 6.54 Å². The van der Waals surface area contributed by atoms with Crippen LogP contribution in [0.25, 0.3) is 0 Å². The average molecular weight is 225 g/mol. The van der Waals surface area contributed by atoms with Gasteiger partial charge in [0.25, 0.3) is 0 Å². The molecule has 0 aromatic carbocycles. The molecule has 0 saturated heterocycles. The zero-order valence-electron chi connectivity index (χ0n) is 9.81. The van der Waals surface area contributed by atoms with Gasteiger partial charge < -0.3 is 15.6 Å². The van der Waals surface area contributed by atoms with Crippen molar-refractivity contribution in [3.63, 3.8) is 0 Å². The smallest absolute Gasteiger partial charge is 0.220 e. The predicted octanol–water partition coefficient (Wildman–Crippen LogP) is -0.194. The molecule has 16 heavy (non-hydrogen) atoms. The van der Waals surface area contributed by atoms with Crippen LogP contribution in [0.15, 0.2) is 6.33 Å². The number of carbonyl (C=O) groups is 1. The van der Waals surface area contributed by atoms with Gasteiger partial charge >= 0.3 is 0 Å². The van der Waals surface area contributed by atoms with E-state index >= 15 is 0 Å². The molecule has 6 nitrogen and oxygen atoms in total. The highest BCUT2D eigenvalue weighted by Crippen LogP contribution is 2.02. The molecule has 1 aromatic rings. The summed E-state index contributed by atoms with van der Waals surface area (Å²) in [7, 11) is 1.85. The third-order valence-electron chi connectivity index (χ3n) is 2.52. The number of nitrogens with one attached hydrogen (secondary N) is 1. The lowest BCUT2D eigenvalue weighted by Gasteiger charge is -2.08. The van der Waals surface area contributed by atoms with Crippen molar-refractivity contribution in [3.8, 4) is 0 Å². The van der Waals surface area contributed by atoms with Crippen LogP contribution in [0.5, 0.6) is 0 Å². The molecule has 0 spiro atoms. The maximum Gasteiger partial charge on any atom is 0.220 e. The minimum atomic E-state index is 0.0308. The SMILES string of the molecule is CC(CN)CCC(=O)NCc1nncn1C. The maximum atomic E-state index is 11.5. The zero-order valence-corrected chi connectivity index (χ0v) is 9.81. The van der Waals surface area contributed by atoms with Crippen molar-refractivity contribution in [3.05, 3.63) is 12.2 Å². The van der Waals surface area contributed by atoms with Crippen LogP contribution < -0.4 is 11.1 Å². The minimum Gasteiger partial charge on any atom is -0.349 e. The summed E-state index contributed by atoms with van der Waals surface area (Å²) in [6.45, 7) is 3.08. The summed E-state index contributed by atoms with van der Waals surface area (Å²) >= 11 is 0. The Kier molecular flexibility index (Phi) is 4.91. The second kappa shape index (κ2) is 6.22. The summed E-state index contributed by atoms with van der Waals surface area (Å²) in [6, 6.07) is 0. The van der Waals surface area contributed by atoms with Gasteiger partial charge in [0.2, 0.25) is 5.91 Å². The van der Waals surface area contributed by atoms with Crippen LogP contribution >= 0.6 is 0 Å². The fraction of sp³-hybridized carbons (Fsp3) is 0.700. The molecule has 1 rings (SSSR count). The van der Waals surface area contributed by atoms with E-state index in [1.54, 1.807) is 10.9 Å². The van der Waals surface area contributed by atoms with E-state index in [0.29, 0.717) is 25.4 Å². The molecule has 0 aliphatic carbocycles. The van der Waals surface area contributed by atoms with Crippen molar-refractivity contribution in [2.45, 2.75) is 26.3 Å². The molecule has 0 aliphatic heterocycles. The fourth-order valence-corrected chi connectivity index (χ4v) is 1.23. The molecule has 0 fully saturated rings. The monoisotopic (exact) mass is 225 g/mol. The lowest BCUT2D eigenvalue weighted by atomic mass is 10.1. The number of rotatable bonds is 6. The van der Waals surface area contributed by atoms with E-state index in [2.05, 4.69) is 15.5 Å². The normalized spacial score (nSPS) is 12.4. The average Bonchev–Trinajstić information content (AvgIpc) is 2.69. The summed E-state index contributed by atoms with van der Waals surface area (Å²) in [5.41, 5.74) is 5.48. The highest BCUT2D eigenvalue weighted by atomic mass is 16.1. The number of hydrogen-bond donors (Lipinski definition) is 2. The number of aromatic nitrogens is 3. The molecule has 1 unspecified atom stereocenters. The number of hydrogen-bond acceptors (Lipinski definition) is 4. The molecule has 0 radical (unpaired) electrons. The molecule has 0 saturated carbocycles. The summed E-state index contributed by atoms with van der Waals surface area (Å²) in [5.74, 6) is 1.17. The molecule has 0 aliphatic rings. The summed E-state index contributed by atoms with van der Waals surface area (Å²) in [5, 5.41) is 10.4. The number of carbonyl (C=O) groups excluding carboxylic acids is 1. The van der Waals surface area contributed by atoms with Crippen molar-refractivity contribution in [2.75, 3.05) is 6.54 Å². The summed E-state index contributed by atoms with van der Waals surface area (Å²) in [6.07, 6.45) is 2.94. The van der Waals surface area contributed by atoms with Crippen LogP contribution in [-0.2, 0) is 18.4 Å². The molecule has 1 amide bonds. The van der Waals surface area contributed by atoms with E-state index in [0.717, 1.165) is 12.2 Å². The van der Waals surface area contributed by atoms with Crippen LogP contribution in [0.1, 0.15) is 25.6 Å². The van der Waals surface area contributed by atoms with Crippen molar-refractivity contribution in [1.82, 2.24) is 20.1 Å². The topological polar surface area (TPSA) is 85.8 Å². The Balaban J connectivity index is 2.23. The Morgan fingerprint density at radius 3 is 3.00 bits per heavy atom. The third kappa shape index (κ3) is 3.98. The lowest BCUT2D eigenvalue weighted by molar-refractivity contribution is -0.121. The largest absolute Gasteiger partial charge is 0.349 e. The van der Waals surface area contributed by atoms with Gasteiger partial charge in [-0.15, -0.1) is 10.2 Å². The molecule has 90 valence electrons. The first-order valence-corrected chi connectivity index (χ1v) is 5.43. The number of aryl methyl sites for hydroxylation is 1. The molecular formula is C10H19N5O. The molecular weight excluding hydrogens is 206 g/mol. The second-order valence-electron chi connectivity index (χ2n) is 4.01. The van der Waals surface area contributed by atoms with Gasteiger partial charge in [0, 0.05) is 13.5 Å². The van der Waals surface area contributed by atoms with Crippen molar-refractivity contribution < 1.29 is 4.79 Å². The third-order valence-corrected chi connectivity index (χ3v) is 2.52. The quantitative estimate of drug-likeness (QED) is 0.702. The fourth-order valence-electron chi connectivity index (χ4n) is 1.23. The lowest BCUT2D eigenvalue weighted by Crippen LogP contribution is -2.25. The Bertz CT molecular complexity index is 336. The van der Waals surface area contributed by atoms with Gasteiger partial charge in [0.15, 0.2) is 5.82 Å². The van der Waals surface area contributed by atoms with E-state index in [1.165, 1.54) is 0 Å². The molecule has 0 bridgehead atoms. The molecule has 6 heteroatoms. The number of nitrogens with two attached hydrogens (primary N) is 1. The van der Waals surface area contributed by atoms with Gasteiger partial charge in [-0.25, -0.2) is 0 Å². The highest BCUT2D eigenvalue weighted by Gasteiger charge is 2.06. The van der Waals surface area contributed by atoms with Crippen molar-refractivity contribution in [2.24, 2.45) is 18.7 Å². The zero-order chi connectivity index (χ0) is 12.0. The Hall–Kier alpha value is -1.43. The van der Waals surface area contributed by atoms with Crippen LogP contribution in [0.3, 0.4) is 0 Å². The van der Waals surface area contributed by atoms with Gasteiger partial charge in [-0.3, -0.25) is 4.79 Å². The van der Waals surface area contributed by atoms with Gasteiger partial charge in [0.1, 0.15) is 6.33 Å². The first-order valence-electron chi connectivity index (χ1n) is 5.43. The highest BCUT2D eigenvalue weighted by molar-refractivity contribution is 5.75. The summed E-state index contributed by atoms with van der Waals surface area (Å²) < 4.78 is 1.78. The van der Waals surface area contributed by atoms with Crippen molar-refractivity contribution >= 4 is 5.91 Å². The number of amides is 1. The Morgan fingerprint density at radius 1 is 1.69 bits per heavy atom. The second-order valence-corrected chi connectivity index (χ2v) is 4.01. The van der Waals surface area contributed by atoms with E-state index in [4.69, 9.17) is 5.73 Å². The maximum absolute atomic E-state index is 11.5. The first-order chi connectivity index (χ1) is 7.63. The first kappa shape index (κ1) is 12.6. The van der Waals surface area contributed by atoms with Crippen molar-refractivity contribution in [1.29, 1.82) is 0 Å². The van der Waals surface area contributed by atoms with E-state index in [1.807, 2.05) is 14.0 Å². The molecule has 3 N–H and O–H groups in total. The van der Waals surface area contributed by atoms with Crippen LogP contribution in [0.4, 0.5) is 0 Å². The Morgan fingerprint density at radius 2 is 2.44 bits per heavy atom. The van der Waals surface area contributed by atoms with E-state index < -0.39 is 0 Å². The molecule has 1 heterocycles. The van der Waals surface area contributed by atoms with Gasteiger partial charge in [-0.05, 0) is 18.9 Å². The van der Waals surface area contributed by atoms with Crippen LogP contribution in [0, 0.1) is 5.92 Å². The van der Waals surface area contributed by atoms with Gasteiger partial charge in [-0.1, -0.05) is 6.92 Å². The van der Waals surface area contributed by atoms with E-state index in [-0.39, 0.29) is 5.91 Å². The predicted molar refractivity (Wildman–Crippen MR) is 60.3 cm³/mol. The van der Waals surface area contributed by atoms with Crippen LogP contribution in [-0.4, -0.2) is 27.2 Å². The number of nitrogens with zero attached hydrogens (tertiary/aromatic N) is 3. The standard InChI is InChI=1S/C10H19N5O/c1-8(5-11)3-4-10(16)12-6-9-14-13-7-15(9)2/h7-8H,3-6,11H2,1-2H3,(H,12,16). The summed E-state index contributed by atoms with van der Waals surface area (Å²) in [4.78, 5) is 11.5.